The van der Waals surface area contributed by atoms with E-state index in [-0.39, 0.29) is 48.2 Å². The molecule has 48 heavy (non-hydrogen) atoms. The van der Waals surface area contributed by atoms with Gasteiger partial charge in [-0.3, -0.25) is 33.6 Å². The number of hydrogen-bond acceptors (Lipinski definition) is 12. The molecule has 2 saturated heterocycles. The van der Waals surface area contributed by atoms with Crippen LogP contribution in [0.4, 0.5) is 0 Å². The van der Waals surface area contributed by atoms with Crippen LogP contribution in [0.1, 0.15) is 78.8 Å². The SMILES string of the molecule is C=C1C(=O)[C@@]23C(=O)O[C@H]4CCC(C)(C)C5C(=O)OC[C@]54[C@H]2CC[C@@H]1[C@H]3OC(=O)CCC(=O)OCc1cn(C)c2c1C(=O)C(OC)=CC2=O. The van der Waals surface area contributed by atoms with E-state index in [9.17, 15) is 33.6 Å². The standard InChI is InChI=1S/C35H37NO12/c1-16-18-6-7-21-34-15-46-31(42)28(34)33(2,3)11-10-22(34)47-32(43)35(21,29(16)41)30(18)48-24(39)9-8-23(38)45-14-17-13-36(4)26-19(37)12-20(44-5)27(40)25(17)26/h12-13,18,21-22,28,30H,1,6-11,14-15H2,2-5H3/t18-,21+,22-,28?,30+,34+,35-/m0/s1. The van der Waals surface area contributed by atoms with Gasteiger partial charge < -0.3 is 28.3 Å². The molecule has 254 valence electrons. The number of allylic oxidation sites excluding steroid dienone is 2. The number of carbonyl (C=O) groups excluding carboxylic acids is 7. The number of esters is 4. The van der Waals surface area contributed by atoms with Crippen molar-refractivity contribution in [1.82, 2.24) is 4.57 Å². The molecule has 3 saturated carbocycles. The Bertz CT molecular complexity index is 1760. The summed E-state index contributed by atoms with van der Waals surface area (Å²) in [5, 5.41) is 0. The summed E-state index contributed by atoms with van der Waals surface area (Å²) in [6.07, 6.45) is 2.01. The van der Waals surface area contributed by atoms with Crippen LogP contribution in [0.15, 0.2) is 30.2 Å². The number of carbonyl (C=O) groups is 7. The number of Topliss-reactive ketones (excluding diaryl/α,β-unsaturated/α-hetero) is 2. The number of fused-ring (bicyclic) bond motifs is 2. The first-order chi connectivity index (χ1) is 22.7. The first kappa shape index (κ1) is 32.0. The minimum atomic E-state index is -1.86. The molecule has 2 spiro atoms. The zero-order valence-corrected chi connectivity index (χ0v) is 27.3. The fourth-order valence-corrected chi connectivity index (χ4v) is 9.80. The fourth-order valence-electron chi connectivity index (χ4n) is 9.80. The fraction of sp³-hybridized carbons (Fsp3) is 0.571. The largest absolute Gasteiger partial charge is 0.492 e. The number of rotatable bonds is 7. The first-order valence-corrected chi connectivity index (χ1v) is 16.2. The molecule has 5 fully saturated rings. The van der Waals surface area contributed by atoms with E-state index in [2.05, 4.69) is 6.58 Å². The van der Waals surface area contributed by atoms with Crippen LogP contribution in [0, 0.1) is 34.0 Å². The lowest BCUT2D eigenvalue weighted by atomic mass is 9.43. The van der Waals surface area contributed by atoms with Crippen LogP contribution in [0.25, 0.3) is 0 Å². The summed E-state index contributed by atoms with van der Waals surface area (Å²) in [5.41, 5.74) is -2.56. The molecule has 1 unspecified atom stereocenters. The van der Waals surface area contributed by atoms with E-state index in [1.807, 2.05) is 13.8 Å². The van der Waals surface area contributed by atoms with Gasteiger partial charge in [-0.05, 0) is 42.6 Å². The maximum absolute atomic E-state index is 14.1. The van der Waals surface area contributed by atoms with Crippen LogP contribution in [0.5, 0.6) is 0 Å². The van der Waals surface area contributed by atoms with Crippen molar-refractivity contribution >= 4 is 41.2 Å². The Morgan fingerprint density at radius 2 is 1.79 bits per heavy atom. The van der Waals surface area contributed by atoms with Crippen molar-refractivity contribution in [3.8, 4) is 0 Å². The van der Waals surface area contributed by atoms with E-state index in [0.717, 1.165) is 6.08 Å². The molecule has 0 radical (unpaired) electrons. The molecule has 0 aromatic carbocycles. The monoisotopic (exact) mass is 663 g/mol. The highest BCUT2D eigenvalue weighted by Crippen LogP contribution is 2.71. The van der Waals surface area contributed by atoms with Gasteiger partial charge in [0.25, 0.3) is 0 Å². The van der Waals surface area contributed by atoms with Gasteiger partial charge in [0.15, 0.2) is 17.0 Å². The normalized spacial score (nSPS) is 34.2. The summed E-state index contributed by atoms with van der Waals surface area (Å²) >= 11 is 0. The third kappa shape index (κ3) is 4.11. The van der Waals surface area contributed by atoms with Crippen LogP contribution in [0.3, 0.4) is 0 Å². The lowest BCUT2D eigenvalue weighted by Gasteiger charge is -2.61. The highest BCUT2D eigenvalue weighted by Gasteiger charge is 2.81. The van der Waals surface area contributed by atoms with Gasteiger partial charge in [0.2, 0.25) is 11.6 Å². The van der Waals surface area contributed by atoms with Crippen molar-refractivity contribution in [2.75, 3.05) is 13.7 Å². The van der Waals surface area contributed by atoms with E-state index >= 15 is 0 Å². The molecule has 0 amide bonds. The molecule has 2 bridgehead atoms. The lowest BCUT2D eigenvalue weighted by Crippen LogP contribution is -2.71. The molecule has 4 aliphatic carbocycles. The van der Waals surface area contributed by atoms with Crippen molar-refractivity contribution in [1.29, 1.82) is 0 Å². The number of aryl methyl sites for hydroxylation is 1. The van der Waals surface area contributed by atoms with Crippen molar-refractivity contribution in [2.45, 2.75) is 71.2 Å². The smallest absolute Gasteiger partial charge is 0.324 e. The molecule has 13 nitrogen and oxygen atoms in total. The van der Waals surface area contributed by atoms with Crippen LogP contribution < -0.4 is 0 Å². The summed E-state index contributed by atoms with van der Waals surface area (Å²) in [6, 6.07) is 0. The third-order valence-electron chi connectivity index (χ3n) is 11.8. The van der Waals surface area contributed by atoms with Crippen LogP contribution in [0.2, 0.25) is 0 Å². The Morgan fingerprint density at radius 1 is 1.06 bits per heavy atom. The summed E-state index contributed by atoms with van der Waals surface area (Å²) in [4.78, 5) is 92.7. The van der Waals surface area contributed by atoms with Gasteiger partial charge in [0.1, 0.15) is 31.1 Å². The summed E-state index contributed by atoms with van der Waals surface area (Å²) in [6.45, 7) is 7.64. The molecule has 13 heteroatoms. The number of ether oxygens (including phenoxy) is 5. The molecular formula is C35H37NO12. The Hall–Kier alpha value is -4.55. The van der Waals surface area contributed by atoms with Gasteiger partial charge in [-0.15, -0.1) is 0 Å². The maximum Gasteiger partial charge on any atom is 0.324 e. The van der Waals surface area contributed by atoms with E-state index in [1.54, 1.807) is 7.05 Å². The minimum absolute atomic E-state index is 0.00860. The van der Waals surface area contributed by atoms with E-state index in [0.29, 0.717) is 31.2 Å². The third-order valence-corrected chi connectivity index (χ3v) is 11.8. The molecule has 3 heterocycles. The van der Waals surface area contributed by atoms with Crippen LogP contribution >= 0.6 is 0 Å². The average molecular weight is 664 g/mol. The van der Waals surface area contributed by atoms with E-state index in [1.165, 1.54) is 17.9 Å². The van der Waals surface area contributed by atoms with Crippen molar-refractivity contribution in [3.05, 3.63) is 47.0 Å². The average Bonchev–Trinajstić information content (AvgIpc) is 3.61. The number of nitrogens with zero attached hydrogens (tertiary/aromatic N) is 1. The molecular weight excluding hydrogens is 626 g/mol. The lowest BCUT2D eigenvalue weighted by molar-refractivity contribution is -0.247. The van der Waals surface area contributed by atoms with Gasteiger partial charge in [-0.25, -0.2) is 0 Å². The van der Waals surface area contributed by atoms with Crippen LogP contribution in [-0.2, 0) is 61.3 Å². The van der Waals surface area contributed by atoms with Gasteiger partial charge in [0, 0.05) is 30.8 Å². The highest BCUT2D eigenvalue weighted by atomic mass is 16.6. The predicted molar refractivity (Wildman–Crippen MR) is 161 cm³/mol. The first-order valence-electron chi connectivity index (χ1n) is 16.2. The summed E-state index contributed by atoms with van der Waals surface area (Å²) in [5.74, 6) is -6.21. The zero-order chi connectivity index (χ0) is 34.5. The number of ketones is 3. The minimum Gasteiger partial charge on any atom is -0.492 e. The molecule has 1 aromatic heterocycles. The van der Waals surface area contributed by atoms with Crippen LogP contribution in [-0.4, -0.2) is 71.7 Å². The molecule has 6 aliphatic rings. The zero-order valence-electron chi connectivity index (χ0n) is 27.3. The van der Waals surface area contributed by atoms with Gasteiger partial charge in [0.05, 0.1) is 36.8 Å². The Morgan fingerprint density at radius 3 is 2.52 bits per heavy atom. The number of aromatic nitrogens is 1. The Balaban J connectivity index is 1.07. The van der Waals surface area contributed by atoms with Crippen molar-refractivity contribution in [2.24, 2.45) is 41.0 Å². The molecule has 7 atom stereocenters. The molecule has 0 N–H and O–H groups in total. The number of hydrogen-bond donors (Lipinski definition) is 0. The van der Waals surface area contributed by atoms with Crippen molar-refractivity contribution in [3.63, 3.8) is 0 Å². The predicted octanol–water partition coefficient (Wildman–Crippen LogP) is 2.73. The van der Waals surface area contributed by atoms with E-state index in [4.69, 9.17) is 23.7 Å². The van der Waals surface area contributed by atoms with Gasteiger partial charge in [-0.2, -0.15) is 0 Å². The Labute approximate surface area is 275 Å². The molecule has 1 aromatic rings. The molecule has 2 aliphatic heterocycles. The Kier molecular flexibility index (Phi) is 7.16. The number of cyclic esters (lactones) is 1. The second-order valence-electron chi connectivity index (χ2n) is 14.5. The topological polar surface area (TPSA) is 171 Å². The summed E-state index contributed by atoms with van der Waals surface area (Å²) in [7, 11) is 2.87. The quantitative estimate of drug-likeness (QED) is 0.181. The summed E-state index contributed by atoms with van der Waals surface area (Å²) < 4.78 is 29.5. The van der Waals surface area contributed by atoms with Crippen molar-refractivity contribution < 1.29 is 57.2 Å². The second kappa shape index (κ2) is 10.7. The second-order valence-corrected chi connectivity index (χ2v) is 14.5. The number of methoxy groups -OCH3 is 1. The van der Waals surface area contributed by atoms with Gasteiger partial charge >= 0.3 is 23.9 Å². The molecule has 7 rings (SSSR count). The van der Waals surface area contributed by atoms with E-state index < -0.39 is 87.9 Å². The van der Waals surface area contributed by atoms with Gasteiger partial charge in [-0.1, -0.05) is 20.4 Å². The maximum atomic E-state index is 14.1. The highest BCUT2D eigenvalue weighted by molar-refractivity contribution is 6.24.